The van der Waals surface area contributed by atoms with Crippen molar-refractivity contribution in [2.75, 3.05) is 26.4 Å². The molecule has 1 amide bonds. The standard InChI is InChI=1S/C13H20N2O3/c1-2-17-8-9-18-10-13(15,12(14)16)11-6-4-3-5-7-11/h3-7H,2,8-10,15H2,1H3,(H2,14,16). The van der Waals surface area contributed by atoms with Crippen molar-refractivity contribution < 1.29 is 14.3 Å². The fourth-order valence-electron chi connectivity index (χ4n) is 1.53. The van der Waals surface area contributed by atoms with Gasteiger partial charge in [-0.1, -0.05) is 30.3 Å². The summed E-state index contributed by atoms with van der Waals surface area (Å²) in [6.07, 6.45) is 0. The molecule has 0 radical (unpaired) electrons. The Bertz CT molecular complexity index is 370. The molecule has 18 heavy (non-hydrogen) atoms. The van der Waals surface area contributed by atoms with Crippen LogP contribution in [-0.2, 0) is 19.8 Å². The van der Waals surface area contributed by atoms with E-state index in [-0.39, 0.29) is 6.61 Å². The number of hydrogen-bond donors (Lipinski definition) is 2. The summed E-state index contributed by atoms with van der Waals surface area (Å²) in [5.74, 6) is -0.606. The van der Waals surface area contributed by atoms with Crippen LogP contribution in [0.15, 0.2) is 30.3 Å². The van der Waals surface area contributed by atoms with Gasteiger partial charge in [0.1, 0.15) is 5.54 Å². The number of amides is 1. The number of carbonyl (C=O) groups is 1. The van der Waals surface area contributed by atoms with Gasteiger partial charge in [-0.05, 0) is 12.5 Å². The zero-order valence-corrected chi connectivity index (χ0v) is 10.6. The van der Waals surface area contributed by atoms with Crippen molar-refractivity contribution in [1.82, 2.24) is 0 Å². The lowest BCUT2D eigenvalue weighted by Gasteiger charge is -2.26. The van der Waals surface area contributed by atoms with Gasteiger partial charge >= 0.3 is 0 Å². The molecular weight excluding hydrogens is 232 g/mol. The number of hydrogen-bond acceptors (Lipinski definition) is 4. The van der Waals surface area contributed by atoms with Crippen LogP contribution in [0.1, 0.15) is 12.5 Å². The molecule has 5 heteroatoms. The van der Waals surface area contributed by atoms with Crippen LogP contribution in [0.5, 0.6) is 0 Å². The van der Waals surface area contributed by atoms with Gasteiger partial charge in [0.15, 0.2) is 0 Å². The Balaban J connectivity index is 2.62. The Morgan fingerprint density at radius 2 is 1.83 bits per heavy atom. The van der Waals surface area contributed by atoms with Gasteiger partial charge in [0.2, 0.25) is 5.91 Å². The average Bonchev–Trinajstić information content (AvgIpc) is 2.39. The molecule has 1 aromatic rings. The van der Waals surface area contributed by atoms with Gasteiger partial charge in [-0.25, -0.2) is 0 Å². The molecule has 0 aliphatic carbocycles. The maximum atomic E-state index is 11.5. The molecule has 0 spiro atoms. The second-order valence-corrected chi connectivity index (χ2v) is 3.95. The van der Waals surface area contributed by atoms with E-state index in [2.05, 4.69) is 0 Å². The van der Waals surface area contributed by atoms with Crippen LogP contribution in [0.3, 0.4) is 0 Å². The largest absolute Gasteiger partial charge is 0.379 e. The van der Waals surface area contributed by atoms with E-state index in [9.17, 15) is 4.79 Å². The molecular formula is C13H20N2O3. The van der Waals surface area contributed by atoms with Crippen molar-refractivity contribution in [3.8, 4) is 0 Å². The second kappa shape index (κ2) is 7.10. The highest BCUT2D eigenvalue weighted by Gasteiger charge is 2.34. The molecule has 0 saturated carbocycles. The third-order valence-corrected chi connectivity index (χ3v) is 2.63. The molecule has 1 unspecified atom stereocenters. The summed E-state index contributed by atoms with van der Waals surface area (Å²) >= 11 is 0. The number of carbonyl (C=O) groups excluding carboxylic acids is 1. The molecule has 1 atom stereocenters. The summed E-state index contributed by atoms with van der Waals surface area (Å²) in [6.45, 7) is 3.43. The normalized spacial score (nSPS) is 14.1. The maximum Gasteiger partial charge on any atom is 0.244 e. The van der Waals surface area contributed by atoms with Gasteiger partial charge in [0.25, 0.3) is 0 Å². The molecule has 0 heterocycles. The molecule has 4 N–H and O–H groups in total. The topological polar surface area (TPSA) is 87.6 Å². The van der Waals surface area contributed by atoms with Crippen LogP contribution in [0.2, 0.25) is 0 Å². The van der Waals surface area contributed by atoms with E-state index in [0.717, 1.165) is 0 Å². The number of nitrogens with two attached hydrogens (primary N) is 2. The van der Waals surface area contributed by atoms with Crippen LogP contribution in [0.25, 0.3) is 0 Å². The molecule has 5 nitrogen and oxygen atoms in total. The first-order chi connectivity index (χ1) is 8.61. The molecule has 0 bridgehead atoms. The van der Waals surface area contributed by atoms with Gasteiger partial charge in [0, 0.05) is 6.61 Å². The zero-order chi connectivity index (χ0) is 13.4. The quantitative estimate of drug-likeness (QED) is 0.655. The fraction of sp³-hybridized carbons (Fsp3) is 0.462. The van der Waals surface area contributed by atoms with E-state index in [4.69, 9.17) is 20.9 Å². The number of primary amides is 1. The summed E-state index contributed by atoms with van der Waals surface area (Å²) in [6, 6.07) is 8.98. The van der Waals surface area contributed by atoms with E-state index in [1.54, 1.807) is 24.3 Å². The highest BCUT2D eigenvalue weighted by atomic mass is 16.5. The lowest BCUT2D eigenvalue weighted by molar-refractivity contribution is -0.126. The predicted molar refractivity (Wildman–Crippen MR) is 68.8 cm³/mol. The lowest BCUT2D eigenvalue weighted by atomic mass is 9.91. The zero-order valence-electron chi connectivity index (χ0n) is 10.6. The third-order valence-electron chi connectivity index (χ3n) is 2.63. The van der Waals surface area contributed by atoms with E-state index in [0.29, 0.717) is 25.4 Å². The molecule has 100 valence electrons. The molecule has 0 aliphatic heterocycles. The monoisotopic (exact) mass is 252 g/mol. The van der Waals surface area contributed by atoms with E-state index >= 15 is 0 Å². The minimum Gasteiger partial charge on any atom is -0.379 e. The Hall–Kier alpha value is -1.43. The maximum absolute atomic E-state index is 11.5. The lowest BCUT2D eigenvalue weighted by Crippen LogP contribution is -2.52. The molecule has 1 rings (SSSR count). The van der Waals surface area contributed by atoms with E-state index in [1.807, 2.05) is 13.0 Å². The third kappa shape index (κ3) is 3.80. The smallest absolute Gasteiger partial charge is 0.244 e. The molecule has 0 fully saturated rings. The van der Waals surface area contributed by atoms with Crippen molar-refractivity contribution in [3.05, 3.63) is 35.9 Å². The van der Waals surface area contributed by atoms with Gasteiger partial charge in [-0.2, -0.15) is 0 Å². The summed E-state index contributed by atoms with van der Waals surface area (Å²) in [5.41, 5.74) is 10.8. The summed E-state index contributed by atoms with van der Waals surface area (Å²) in [7, 11) is 0. The number of benzene rings is 1. The Morgan fingerprint density at radius 1 is 1.22 bits per heavy atom. The van der Waals surface area contributed by atoms with Crippen LogP contribution in [-0.4, -0.2) is 32.3 Å². The Morgan fingerprint density at radius 3 is 2.39 bits per heavy atom. The Kier molecular flexibility index (Phi) is 5.77. The molecule has 0 aromatic heterocycles. The van der Waals surface area contributed by atoms with Gasteiger partial charge in [0.05, 0.1) is 19.8 Å². The van der Waals surface area contributed by atoms with Crippen molar-refractivity contribution in [2.24, 2.45) is 11.5 Å². The van der Waals surface area contributed by atoms with Crippen molar-refractivity contribution in [2.45, 2.75) is 12.5 Å². The summed E-state index contributed by atoms with van der Waals surface area (Å²) in [4.78, 5) is 11.5. The summed E-state index contributed by atoms with van der Waals surface area (Å²) in [5, 5.41) is 0. The van der Waals surface area contributed by atoms with Gasteiger partial charge < -0.3 is 20.9 Å². The fourth-order valence-corrected chi connectivity index (χ4v) is 1.53. The van der Waals surface area contributed by atoms with Crippen molar-refractivity contribution in [1.29, 1.82) is 0 Å². The SMILES string of the molecule is CCOCCOCC(N)(C(N)=O)c1ccccc1. The van der Waals surface area contributed by atoms with Crippen molar-refractivity contribution in [3.63, 3.8) is 0 Å². The number of ether oxygens (including phenoxy) is 2. The average molecular weight is 252 g/mol. The first-order valence-corrected chi connectivity index (χ1v) is 5.91. The van der Waals surface area contributed by atoms with E-state index in [1.165, 1.54) is 0 Å². The van der Waals surface area contributed by atoms with E-state index < -0.39 is 11.4 Å². The minimum atomic E-state index is -1.30. The first-order valence-electron chi connectivity index (χ1n) is 5.91. The second-order valence-electron chi connectivity index (χ2n) is 3.95. The first kappa shape index (κ1) is 14.6. The van der Waals surface area contributed by atoms with Gasteiger partial charge in [-0.3, -0.25) is 4.79 Å². The highest BCUT2D eigenvalue weighted by Crippen LogP contribution is 2.18. The van der Waals surface area contributed by atoms with Crippen molar-refractivity contribution >= 4 is 5.91 Å². The van der Waals surface area contributed by atoms with Gasteiger partial charge in [-0.15, -0.1) is 0 Å². The molecule has 1 aromatic carbocycles. The van der Waals surface area contributed by atoms with Crippen LogP contribution < -0.4 is 11.5 Å². The molecule has 0 aliphatic rings. The Labute approximate surface area is 107 Å². The molecule has 0 saturated heterocycles. The van der Waals surface area contributed by atoms with Crippen LogP contribution in [0.4, 0.5) is 0 Å². The summed E-state index contributed by atoms with van der Waals surface area (Å²) < 4.78 is 10.5. The predicted octanol–water partition coefficient (Wildman–Crippen LogP) is 0.379. The minimum absolute atomic E-state index is 0.0411. The van der Waals surface area contributed by atoms with Crippen LogP contribution in [0, 0.1) is 0 Å². The highest BCUT2D eigenvalue weighted by molar-refractivity contribution is 5.86. The number of rotatable bonds is 8. The van der Waals surface area contributed by atoms with Crippen LogP contribution >= 0.6 is 0 Å².